The van der Waals surface area contributed by atoms with Crippen LogP contribution in [-0.2, 0) is 35.3 Å². The number of amides is 1. The van der Waals surface area contributed by atoms with E-state index in [-0.39, 0.29) is 6.61 Å². The van der Waals surface area contributed by atoms with Crippen LogP contribution in [0.15, 0.2) is 30.5 Å². The highest BCUT2D eigenvalue weighted by Gasteiger charge is 2.17. The van der Waals surface area contributed by atoms with E-state index in [1.165, 1.54) is 24.0 Å². The largest absolute Gasteiger partial charge is 0.371 e. The number of aryl methyl sites for hydroxylation is 2. The van der Waals surface area contributed by atoms with E-state index in [9.17, 15) is 4.79 Å². The Morgan fingerprint density at radius 3 is 2.62 bits per heavy atom. The van der Waals surface area contributed by atoms with Gasteiger partial charge in [-0.2, -0.15) is 0 Å². The summed E-state index contributed by atoms with van der Waals surface area (Å²) >= 11 is 0. The molecule has 24 heavy (non-hydrogen) atoms. The van der Waals surface area contributed by atoms with E-state index in [0.717, 1.165) is 25.1 Å². The van der Waals surface area contributed by atoms with Gasteiger partial charge in [0.2, 0.25) is 5.91 Å². The predicted octanol–water partition coefficient (Wildman–Crippen LogP) is 1.52. The van der Waals surface area contributed by atoms with Crippen molar-refractivity contribution in [3.63, 3.8) is 0 Å². The quantitative estimate of drug-likeness (QED) is 0.617. The molecule has 1 aliphatic rings. The monoisotopic (exact) mass is 328 g/mol. The summed E-state index contributed by atoms with van der Waals surface area (Å²) in [4.78, 5) is 10.6. The number of rotatable bonds is 7. The number of primary amides is 1. The van der Waals surface area contributed by atoms with Crippen LogP contribution in [0.2, 0.25) is 0 Å². The van der Waals surface area contributed by atoms with Crippen molar-refractivity contribution in [1.29, 1.82) is 0 Å². The minimum Gasteiger partial charge on any atom is -0.371 e. The summed E-state index contributed by atoms with van der Waals surface area (Å²) in [6, 6.07) is 8.75. The highest BCUT2D eigenvalue weighted by Crippen LogP contribution is 2.25. The molecule has 0 saturated heterocycles. The van der Waals surface area contributed by atoms with Crippen LogP contribution in [0, 0.1) is 5.92 Å². The molecule has 0 unspecified atom stereocenters. The van der Waals surface area contributed by atoms with Crippen LogP contribution in [0.3, 0.4) is 0 Å². The lowest BCUT2D eigenvalue weighted by Gasteiger charge is -2.12. The second-order valence-corrected chi connectivity index (χ2v) is 6.41. The molecule has 1 aliphatic carbocycles. The third-order valence-electron chi connectivity index (χ3n) is 4.54. The minimum atomic E-state index is -0.451. The molecule has 0 saturated carbocycles. The molecular formula is C18H24N4O2. The Bertz CT molecular complexity index is 656. The molecule has 0 fully saturated rings. The van der Waals surface area contributed by atoms with E-state index in [2.05, 4.69) is 34.6 Å². The van der Waals surface area contributed by atoms with Gasteiger partial charge in [-0.25, -0.2) is 0 Å². The molecule has 2 aromatic rings. The zero-order chi connectivity index (χ0) is 16.8. The van der Waals surface area contributed by atoms with E-state index >= 15 is 0 Å². The Morgan fingerprint density at radius 1 is 1.25 bits per heavy atom. The fourth-order valence-corrected chi connectivity index (χ4v) is 3.25. The van der Waals surface area contributed by atoms with Gasteiger partial charge in [-0.3, -0.25) is 9.48 Å². The lowest BCUT2D eigenvalue weighted by atomic mass is 10.00. The molecule has 128 valence electrons. The van der Waals surface area contributed by atoms with Gasteiger partial charge in [-0.05, 0) is 42.7 Å². The summed E-state index contributed by atoms with van der Waals surface area (Å²) in [5.41, 5.74) is 8.90. The molecule has 3 rings (SSSR count). The molecule has 0 aliphatic heterocycles. The lowest BCUT2D eigenvalue weighted by Crippen LogP contribution is -2.18. The summed E-state index contributed by atoms with van der Waals surface area (Å²) < 4.78 is 7.09. The number of benzene rings is 1. The maximum Gasteiger partial charge on any atom is 0.243 e. The number of carbonyl (C=O) groups excluding carboxylic acids is 1. The van der Waals surface area contributed by atoms with Crippen molar-refractivity contribution in [3.8, 4) is 0 Å². The fraction of sp³-hybridized carbons (Fsp3) is 0.500. The SMILES string of the molecule is NC(=O)COCCc1cn(CC2CCc3ccccc3CC2)nn1. The highest BCUT2D eigenvalue weighted by atomic mass is 16.5. The normalized spacial score (nSPS) is 15.0. The van der Waals surface area contributed by atoms with Gasteiger partial charge in [-0.15, -0.1) is 5.10 Å². The zero-order valence-electron chi connectivity index (χ0n) is 13.9. The Balaban J connectivity index is 1.48. The summed E-state index contributed by atoms with van der Waals surface area (Å²) in [5, 5.41) is 8.40. The maximum atomic E-state index is 10.6. The second-order valence-electron chi connectivity index (χ2n) is 6.41. The van der Waals surface area contributed by atoms with Gasteiger partial charge in [0, 0.05) is 19.2 Å². The molecule has 6 heteroatoms. The molecule has 0 bridgehead atoms. The molecule has 1 aromatic heterocycles. The third kappa shape index (κ3) is 4.64. The van der Waals surface area contributed by atoms with Gasteiger partial charge in [0.05, 0.1) is 12.3 Å². The first kappa shape index (κ1) is 16.6. The Labute approximate surface area is 142 Å². The van der Waals surface area contributed by atoms with Crippen molar-refractivity contribution in [2.24, 2.45) is 11.7 Å². The van der Waals surface area contributed by atoms with Gasteiger partial charge < -0.3 is 10.5 Å². The summed E-state index contributed by atoms with van der Waals surface area (Å²) in [6.07, 6.45) is 7.28. The average molecular weight is 328 g/mol. The summed E-state index contributed by atoms with van der Waals surface area (Å²) in [5.74, 6) is 0.172. The van der Waals surface area contributed by atoms with E-state index < -0.39 is 5.91 Å². The van der Waals surface area contributed by atoms with Crippen LogP contribution in [-0.4, -0.2) is 34.1 Å². The Morgan fingerprint density at radius 2 is 1.96 bits per heavy atom. The predicted molar refractivity (Wildman–Crippen MR) is 90.3 cm³/mol. The minimum absolute atomic E-state index is 0.0449. The van der Waals surface area contributed by atoms with E-state index in [0.29, 0.717) is 18.9 Å². The van der Waals surface area contributed by atoms with Crippen LogP contribution in [0.1, 0.15) is 29.7 Å². The topological polar surface area (TPSA) is 83.0 Å². The molecule has 1 aromatic carbocycles. The molecule has 0 radical (unpaired) electrons. The number of carbonyl (C=O) groups is 1. The standard InChI is InChI=1S/C18H24N4O2/c19-18(23)13-24-10-9-17-12-22(21-20-17)11-14-5-7-15-3-1-2-4-16(15)8-6-14/h1-4,12,14H,5-11,13H2,(H2,19,23). The fourth-order valence-electron chi connectivity index (χ4n) is 3.25. The average Bonchev–Trinajstić information content (AvgIpc) is 2.91. The zero-order valence-corrected chi connectivity index (χ0v) is 13.9. The number of hydrogen-bond acceptors (Lipinski definition) is 4. The molecular weight excluding hydrogens is 304 g/mol. The van der Waals surface area contributed by atoms with Crippen molar-refractivity contribution in [3.05, 3.63) is 47.3 Å². The number of aromatic nitrogens is 3. The maximum absolute atomic E-state index is 10.6. The van der Waals surface area contributed by atoms with Crippen molar-refractivity contribution in [1.82, 2.24) is 15.0 Å². The number of hydrogen-bond donors (Lipinski definition) is 1. The second kappa shape index (κ2) is 8.06. The van der Waals surface area contributed by atoms with E-state index in [4.69, 9.17) is 10.5 Å². The van der Waals surface area contributed by atoms with Gasteiger partial charge >= 0.3 is 0 Å². The van der Waals surface area contributed by atoms with Crippen LogP contribution < -0.4 is 5.73 Å². The third-order valence-corrected chi connectivity index (χ3v) is 4.54. The number of nitrogens with two attached hydrogens (primary N) is 1. The van der Waals surface area contributed by atoms with Crippen LogP contribution in [0.5, 0.6) is 0 Å². The number of nitrogens with zero attached hydrogens (tertiary/aromatic N) is 3. The van der Waals surface area contributed by atoms with Crippen LogP contribution >= 0.6 is 0 Å². The summed E-state index contributed by atoms with van der Waals surface area (Å²) in [7, 11) is 0. The van der Waals surface area contributed by atoms with Crippen molar-refractivity contribution >= 4 is 5.91 Å². The first-order valence-corrected chi connectivity index (χ1v) is 8.52. The van der Waals surface area contributed by atoms with Gasteiger partial charge in [-0.1, -0.05) is 29.5 Å². The molecule has 1 heterocycles. The first-order valence-electron chi connectivity index (χ1n) is 8.52. The molecule has 2 N–H and O–H groups in total. The van der Waals surface area contributed by atoms with Crippen LogP contribution in [0.25, 0.3) is 0 Å². The first-order chi connectivity index (χ1) is 11.7. The highest BCUT2D eigenvalue weighted by molar-refractivity contribution is 5.74. The number of ether oxygens (including phenoxy) is 1. The van der Waals surface area contributed by atoms with Crippen molar-refractivity contribution in [2.45, 2.75) is 38.6 Å². The van der Waals surface area contributed by atoms with E-state index in [1.807, 2.05) is 10.9 Å². The Hall–Kier alpha value is -2.21. The van der Waals surface area contributed by atoms with Gasteiger partial charge in [0.15, 0.2) is 0 Å². The van der Waals surface area contributed by atoms with Crippen molar-refractivity contribution in [2.75, 3.05) is 13.2 Å². The molecule has 6 nitrogen and oxygen atoms in total. The van der Waals surface area contributed by atoms with Crippen LogP contribution in [0.4, 0.5) is 0 Å². The van der Waals surface area contributed by atoms with Gasteiger partial charge in [0.25, 0.3) is 0 Å². The molecule has 0 atom stereocenters. The number of fused-ring (bicyclic) bond motifs is 1. The molecule has 0 spiro atoms. The lowest BCUT2D eigenvalue weighted by molar-refractivity contribution is -0.122. The van der Waals surface area contributed by atoms with Gasteiger partial charge in [0.1, 0.15) is 6.61 Å². The van der Waals surface area contributed by atoms with E-state index in [1.54, 1.807) is 0 Å². The smallest absolute Gasteiger partial charge is 0.243 e. The van der Waals surface area contributed by atoms with Crippen molar-refractivity contribution < 1.29 is 9.53 Å². The Kier molecular flexibility index (Phi) is 5.59. The summed E-state index contributed by atoms with van der Waals surface area (Å²) in [6.45, 7) is 1.29. The molecule has 1 amide bonds.